The molecule has 1 heterocycles. The maximum Gasteiger partial charge on any atom is 0.0679 e. The van der Waals surface area contributed by atoms with Crippen LogP contribution < -0.4 is 0 Å². The lowest BCUT2D eigenvalue weighted by Gasteiger charge is -2.11. The lowest BCUT2D eigenvalue weighted by molar-refractivity contribution is 0.834. The van der Waals surface area contributed by atoms with Crippen LogP contribution in [0.2, 0.25) is 0 Å². The van der Waals surface area contributed by atoms with Crippen molar-refractivity contribution < 1.29 is 0 Å². The summed E-state index contributed by atoms with van der Waals surface area (Å²) in [5.41, 5.74) is 8.55. The van der Waals surface area contributed by atoms with E-state index in [0.717, 1.165) is 11.4 Å². The summed E-state index contributed by atoms with van der Waals surface area (Å²) in [5.74, 6) is 0. The number of aryl methyl sites for hydroxylation is 3. The van der Waals surface area contributed by atoms with Crippen molar-refractivity contribution in [3.63, 3.8) is 0 Å². The summed E-state index contributed by atoms with van der Waals surface area (Å²) < 4.78 is 2.04. The Hall–Kier alpha value is -2.35. The molecule has 0 bridgehead atoms. The van der Waals surface area contributed by atoms with Crippen molar-refractivity contribution in [2.24, 2.45) is 0 Å². The van der Waals surface area contributed by atoms with Gasteiger partial charge in [-0.3, -0.25) is 0 Å². The van der Waals surface area contributed by atoms with Gasteiger partial charge in [0.05, 0.1) is 11.4 Å². The summed E-state index contributed by atoms with van der Waals surface area (Å²) in [5, 5.41) is 4.76. The Balaban J connectivity index is 2.25. The van der Waals surface area contributed by atoms with Gasteiger partial charge in [0, 0.05) is 11.3 Å². The summed E-state index contributed by atoms with van der Waals surface area (Å²) in [7, 11) is 0. The van der Waals surface area contributed by atoms with E-state index in [1.807, 2.05) is 22.9 Å². The Morgan fingerprint density at radius 2 is 1.33 bits per heavy atom. The first-order chi connectivity index (χ1) is 10.1. The lowest BCUT2D eigenvalue weighted by Crippen LogP contribution is -1.98. The molecule has 0 fully saturated rings. The number of nitrogens with zero attached hydrogens (tertiary/aromatic N) is 2. The fourth-order valence-corrected chi connectivity index (χ4v) is 3.03. The zero-order valence-electron chi connectivity index (χ0n) is 13.0. The van der Waals surface area contributed by atoms with Crippen LogP contribution in [0.1, 0.15) is 22.5 Å². The molecule has 2 nitrogen and oxygen atoms in total. The second kappa shape index (κ2) is 5.21. The maximum atomic E-state index is 4.76. The van der Waals surface area contributed by atoms with Crippen LogP contribution in [0.5, 0.6) is 0 Å². The number of rotatable bonds is 2. The van der Waals surface area contributed by atoms with Gasteiger partial charge in [-0.2, -0.15) is 5.10 Å². The van der Waals surface area contributed by atoms with Crippen molar-refractivity contribution in [3.8, 4) is 16.8 Å². The van der Waals surface area contributed by atoms with E-state index < -0.39 is 0 Å². The number of para-hydroxylation sites is 1. The van der Waals surface area contributed by atoms with Gasteiger partial charge in [0.25, 0.3) is 0 Å². The summed E-state index contributed by atoms with van der Waals surface area (Å²) in [6.45, 7) is 8.57. The molecule has 2 aromatic carbocycles. The predicted molar refractivity (Wildman–Crippen MR) is 87.9 cm³/mol. The van der Waals surface area contributed by atoms with Crippen molar-refractivity contribution in [2.45, 2.75) is 27.7 Å². The van der Waals surface area contributed by atoms with Crippen molar-refractivity contribution in [2.75, 3.05) is 0 Å². The second-order valence-electron chi connectivity index (χ2n) is 5.56. The Labute approximate surface area is 126 Å². The van der Waals surface area contributed by atoms with Crippen LogP contribution in [0.4, 0.5) is 0 Å². The minimum absolute atomic E-state index is 1.08. The lowest BCUT2D eigenvalue weighted by atomic mass is 9.94. The van der Waals surface area contributed by atoms with Gasteiger partial charge in [0.2, 0.25) is 0 Å². The zero-order chi connectivity index (χ0) is 15.0. The quantitative estimate of drug-likeness (QED) is 0.659. The molecule has 2 heteroatoms. The van der Waals surface area contributed by atoms with Crippen molar-refractivity contribution in [3.05, 3.63) is 71.0 Å². The van der Waals surface area contributed by atoms with E-state index in [9.17, 15) is 0 Å². The topological polar surface area (TPSA) is 17.8 Å². The van der Waals surface area contributed by atoms with Crippen LogP contribution in [0.25, 0.3) is 16.8 Å². The number of aromatic nitrogens is 2. The molecule has 0 spiro atoms. The zero-order valence-corrected chi connectivity index (χ0v) is 13.0. The molecule has 0 aliphatic carbocycles. The van der Waals surface area contributed by atoms with Gasteiger partial charge < -0.3 is 0 Å². The molecular formula is C19H20N2. The van der Waals surface area contributed by atoms with Crippen LogP contribution in [0, 0.1) is 27.7 Å². The molecule has 21 heavy (non-hydrogen) atoms. The Morgan fingerprint density at radius 1 is 0.714 bits per heavy atom. The van der Waals surface area contributed by atoms with E-state index >= 15 is 0 Å². The molecule has 0 saturated carbocycles. The smallest absolute Gasteiger partial charge is 0.0679 e. The highest BCUT2D eigenvalue weighted by molar-refractivity contribution is 5.75. The largest absolute Gasteiger partial charge is 0.237 e. The van der Waals surface area contributed by atoms with Crippen LogP contribution in [0.3, 0.4) is 0 Å². The van der Waals surface area contributed by atoms with Gasteiger partial charge in [0.1, 0.15) is 0 Å². The standard InChI is InChI=1S/C19H20N2/c1-13-9-8-10-14(2)18(13)19-15(3)20-21(16(19)4)17-11-6-5-7-12-17/h5-12H,1-4H3. The van der Waals surface area contributed by atoms with E-state index in [1.165, 1.54) is 27.9 Å². The van der Waals surface area contributed by atoms with Gasteiger partial charge in [-0.05, 0) is 56.5 Å². The van der Waals surface area contributed by atoms with Gasteiger partial charge in [-0.1, -0.05) is 36.4 Å². The summed E-state index contributed by atoms with van der Waals surface area (Å²) in [6.07, 6.45) is 0. The SMILES string of the molecule is Cc1cccc(C)c1-c1c(C)nn(-c2ccccc2)c1C. The van der Waals surface area contributed by atoms with Crippen molar-refractivity contribution >= 4 is 0 Å². The molecule has 0 saturated heterocycles. The molecule has 0 atom stereocenters. The van der Waals surface area contributed by atoms with Gasteiger partial charge in [-0.25, -0.2) is 4.68 Å². The van der Waals surface area contributed by atoms with E-state index in [4.69, 9.17) is 5.10 Å². The number of hydrogen-bond donors (Lipinski definition) is 0. The fraction of sp³-hybridized carbons (Fsp3) is 0.211. The van der Waals surface area contributed by atoms with E-state index in [-0.39, 0.29) is 0 Å². The third-order valence-corrected chi connectivity index (χ3v) is 4.02. The summed E-state index contributed by atoms with van der Waals surface area (Å²) >= 11 is 0. The van der Waals surface area contributed by atoms with Gasteiger partial charge >= 0.3 is 0 Å². The van der Waals surface area contributed by atoms with Crippen LogP contribution >= 0.6 is 0 Å². The Kier molecular flexibility index (Phi) is 3.38. The first kappa shape index (κ1) is 13.6. The van der Waals surface area contributed by atoms with Gasteiger partial charge in [0.15, 0.2) is 0 Å². The average Bonchev–Trinajstić information content (AvgIpc) is 2.76. The number of hydrogen-bond acceptors (Lipinski definition) is 1. The maximum absolute atomic E-state index is 4.76. The monoisotopic (exact) mass is 276 g/mol. The minimum Gasteiger partial charge on any atom is -0.237 e. The molecule has 3 rings (SSSR count). The highest BCUT2D eigenvalue weighted by atomic mass is 15.3. The molecule has 0 radical (unpaired) electrons. The molecular weight excluding hydrogens is 256 g/mol. The van der Waals surface area contributed by atoms with Crippen molar-refractivity contribution in [1.29, 1.82) is 0 Å². The van der Waals surface area contributed by atoms with Crippen molar-refractivity contribution in [1.82, 2.24) is 9.78 Å². The number of benzene rings is 2. The third kappa shape index (κ3) is 2.27. The van der Waals surface area contributed by atoms with Crippen LogP contribution in [-0.2, 0) is 0 Å². The first-order valence-electron chi connectivity index (χ1n) is 7.28. The predicted octanol–water partition coefficient (Wildman–Crippen LogP) is 4.77. The average molecular weight is 276 g/mol. The molecule has 0 aliphatic rings. The van der Waals surface area contributed by atoms with Crippen LogP contribution in [0.15, 0.2) is 48.5 Å². The highest BCUT2D eigenvalue weighted by Crippen LogP contribution is 2.33. The van der Waals surface area contributed by atoms with Gasteiger partial charge in [-0.15, -0.1) is 0 Å². The molecule has 0 amide bonds. The fourth-order valence-electron chi connectivity index (χ4n) is 3.03. The summed E-state index contributed by atoms with van der Waals surface area (Å²) in [4.78, 5) is 0. The summed E-state index contributed by atoms with van der Waals surface area (Å²) in [6, 6.07) is 16.8. The molecule has 1 aromatic heterocycles. The highest BCUT2D eigenvalue weighted by Gasteiger charge is 2.17. The van der Waals surface area contributed by atoms with E-state index in [2.05, 4.69) is 58.0 Å². The molecule has 3 aromatic rings. The molecule has 0 N–H and O–H groups in total. The third-order valence-electron chi connectivity index (χ3n) is 4.02. The molecule has 0 aliphatic heterocycles. The molecule has 0 unspecified atom stereocenters. The normalized spacial score (nSPS) is 10.9. The Morgan fingerprint density at radius 3 is 1.95 bits per heavy atom. The van der Waals surface area contributed by atoms with Crippen LogP contribution in [-0.4, -0.2) is 9.78 Å². The van der Waals surface area contributed by atoms with E-state index in [0.29, 0.717) is 0 Å². The van der Waals surface area contributed by atoms with E-state index in [1.54, 1.807) is 0 Å². The Bertz CT molecular complexity index is 763. The first-order valence-corrected chi connectivity index (χ1v) is 7.28. The minimum atomic E-state index is 1.08. The second-order valence-corrected chi connectivity index (χ2v) is 5.56. The molecule has 106 valence electrons.